The molecule has 1 aliphatic rings. The van der Waals surface area contributed by atoms with Gasteiger partial charge in [-0.05, 0) is 12.8 Å². The lowest BCUT2D eigenvalue weighted by molar-refractivity contribution is 0.130. The van der Waals surface area contributed by atoms with Gasteiger partial charge in [0.2, 0.25) is 0 Å². The van der Waals surface area contributed by atoms with E-state index in [1.807, 2.05) is 0 Å². The summed E-state index contributed by atoms with van der Waals surface area (Å²) in [6.45, 7) is 2.08. The molecule has 6 heteroatoms. The van der Waals surface area contributed by atoms with Crippen LogP contribution in [0.4, 0.5) is 0 Å². The first kappa shape index (κ1) is 12.9. The van der Waals surface area contributed by atoms with Crippen LogP contribution in [0.15, 0.2) is 0 Å². The molecule has 3 N–H and O–H groups in total. The van der Waals surface area contributed by atoms with Gasteiger partial charge in [0.15, 0.2) is 0 Å². The molecular weight excluding hydrogens is 216 g/mol. The van der Waals surface area contributed by atoms with Gasteiger partial charge in [0.05, 0.1) is 6.10 Å². The largest absolute Gasteiger partial charge is 0.391 e. The average Bonchev–Trinajstić information content (AvgIpc) is 2.31. The first-order valence-electron chi connectivity index (χ1n) is 5.50. The first-order chi connectivity index (χ1) is 7.05. The minimum Gasteiger partial charge on any atom is -0.391 e. The molecule has 0 aromatic carbocycles. The third kappa shape index (κ3) is 4.46. The summed E-state index contributed by atoms with van der Waals surface area (Å²) in [5.74, 6) is 0. The van der Waals surface area contributed by atoms with Gasteiger partial charge in [-0.15, -0.1) is 0 Å². The van der Waals surface area contributed by atoms with E-state index in [1.165, 1.54) is 0 Å². The molecule has 0 aromatic rings. The standard InChI is InChI=1S/C9H20N2O3S/c1-2-10-15(13,14)11-8-6-4-3-5-7-9(8)12/h8-12H,2-7H2,1H3. The zero-order valence-electron chi connectivity index (χ0n) is 9.07. The fraction of sp³-hybridized carbons (Fsp3) is 1.00. The van der Waals surface area contributed by atoms with Crippen molar-refractivity contribution in [3.05, 3.63) is 0 Å². The van der Waals surface area contributed by atoms with E-state index in [9.17, 15) is 13.5 Å². The molecule has 2 unspecified atom stereocenters. The predicted molar refractivity (Wildman–Crippen MR) is 58.6 cm³/mol. The van der Waals surface area contributed by atoms with Crippen LogP contribution >= 0.6 is 0 Å². The van der Waals surface area contributed by atoms with Crippen LogP contribution in [0.1, 0.15) is 39.0 Å². The van der Waals surface area contributed by atoms with Gasteiger partial charge in [0.25, 0.3) is 10.2 Å². The van der Waals surface area contributed by atoms with E-state index < -0.39 is 16.3 Å². The normalized spacial score (nSPS) is 28.7. The van der Waals surface area contributed by atoms with E-state index in [1.54, 1.807) is 6.92 Å². The van der Waals surface area contributed by atoms with Crippen molar-refractivity contribution in [3.63, 3.8) is 0 Å². The second-order valence-electron chi connectivity index (χ2n) is 3.93. The summed E-state index contributed by atoms with van der Waals surface area (Å²) >= 11 is 0. The third-order valence-corrected chi connectivity index (χ3v) is 3.90. The molecule has 5 nitrogen and oxygen atoms in total. The molecule has 0 amide bonds. The Morgan fingerprint density at radius 3 is 2.60 bits per heavy atom. The Kier molecular flexibility index (Phi) is 4.98. The van der Waals surface area contributed by atoms with Crippen molar-refractivity contribution in [2.45, 2.75) is 51.2 Å². The number of hydrogen-bond acceptors (Lipinski definition) is 3. The molecule has 15 heavy (non-hydrogen) atoms. The maximum Gasteiger partial charge on any atom is 0.277 e. The minimum absolute atomic E-state index is 0.337. The second-order valence-corrected chi connectivity index (χ2v) is 5.46. The fourth-order valence-corrected chi connectivity index (χ4v) is 2.99. The Bertz CT molecular complexity index is 279. The lowest BCUT2D eigenvalue weighted by atomic mass is 10.1. The van der Waals surface area contributed by atoms with Gasteiger partial charge < -0.3 is 5.11 Å². The summed E-state index contributed by atoms with van der Waals surface area (Å²) in [5, 5.41) is 9.73. The van der Waals surface area contributed by atoms with Gasteiger partial charge in [0.1, 0.15) is 0 Å². The lowest BCUT2D eigenvalue weighted by Gasteiger charge is -2.21. The van der Waals surface area contributed by atoms with Crippen LogP contribution in [0.3, 0.4) is 0 Å². The summed E-state index contributed by atoms with van der Waals surface area (Å²) in [6, 6.07) is -0.337. The van der Waals surface area contributed by atoms with Gasteiger partial charge in [-0.3, -0.25) is 0 Å². The summed E-state index contributed by atoms with van der Waals surface area (Å²) in [5.41, 5.74) is 0. The Morgan fingerprint density at radius 1 is 1.27 bits per heavy atom. The van der Waals surface area contributed by atoms with Crippen LogP contribution in [-0.4, -0.2) is 32.2 Å². The number of aliphatic hydroxyl groups is 1. The Labute approximate surface area is 91.4 Å². The Morgan fingerprint density at radius 2 is 1.93 bits per heavy atom. The van der Waals surface area contributed by atoms with Crippen molar-refractivity contribution in [3.8, 4) is 0 Å². The van der Waals surface area contributed by atoms with E-state index in [0.717, 1.165) is 19.3 Å². The highest BCUT2D eigenvalue weighted by Gasteiger charge is 2.25. The molecule has 90 valence electrons. The topological polar surface area (TPSA) is 78.4 Å². The van der Waals surface area contributed by atoms with Crippen LogP contribution < -0.4 is 9.44 Å². The summed E-state index contributed by atoms with van der Waals surface area (Å²) in [7, 11) is -3.44. The van der Waals surface area contributed by atoms with Crippen molar-refractivity contribution in [1.82, 2.24) is 9.44 Å². The van der Waals surface area contributed by atoms with Crippen molar-refractivity contribution >= 4 is 10.2 Å². The van der Waals surface area contributed by atoms with E-state index in [2.05, 4.69) is 9.44 Å². The molecule has 1 aliphatic carbocycles. The zero-order chi connectivity index (χ0) is 11.3. The highest BCUT2D eigenvalue weighted by Crippen LogP contribution is 2.18. The van der Waals surface area contributed by atoms with Gasteiger partial charge in [0, 0.05) is 12.6 Å². The number of nitrogens with one attached hydrogen (secondary N) is 2. The highest BCUT2D eigenvalue weighted by molar-refractivity contribution is 7.87. The van der Waals surface area contributed by atoms with Crippen molar-refractivity contribution < 1.29 is 13.5 Å². The monoisotopic (exact) mass is 236 g/mol. The number of aliphatic hydroxyl groups excluding tert-OH is 1. The number of hydrogen-bond donors (Lipinski definition) is 3. The molecular formula is C9H20N2O3S. The van der Waals surface area contributed by atoms with Gasteiger partial charge in [-0.2, -0.15) is 13.1 Å². The van der Waals surface area contributed by atoms with E-state index in [0.29, 0.717) is 19.4 Å². The molecule has 0 spiro atoms. The van der Waals surface area contributed by atoms with Crippen LogP contribution in [0.2, 0.25) is 0 Å². The third-order valence-electron chi connectivity index (χ3n) is 2.62. The van der Waals surface area contributed by atoms with Gasteiger partial charge >= 0.3 is 0 Å². The molecule has 0 aliphatic heterocycles. The van der Waals surface area contributed by atoms with Crippen LogP contribution in [0, 0.1) is 0 Å². The fourth-order valence-electron chi connectivity index (χ4n) is 1.86. The Hall–Kier alpha value is -0.170. The van der Waals surface area contributed by atoms with Crippen LogP contribution in [0.25, 0.3) is 0 Å². The van der Waals surface area contributed by atoms with E-state index in [-0.39, 0.29) is 6.04 Å². The van der Waals surface area contributed by atoms with E-state index >= 15 is 0 Å². The molecule has 0 saturated heterocycles. The quantitative estimate of drug-likeness (QED) is 0.607. The molecule has 2 atom stereocenters. The van der Waals surface area contributed by atoms with Crippen LogP contribution in [0.5, 0.6) is 0 Å². The number of rotatable bonds is 4. The molecule has 0 radical (unpaired) electrons. The zero-order valence-corrected chi connectivity index (χ0v) is 9.89. The maximum absolute atomic E-state index is 11.4. The average molecular weight is 236 g/mol. The molecule has 1 rings (SSSR count). The Balaban J connectivity index is 2.54. The van der Waals surface area contributed by atoms with Crippen molar-refractivity contribution in [1.29, 1.82) is 0 Å². The lowest BCUT2D eigenvalue weighted by Crippen LogP contribution is -2.47. The summed E-state index contributed by atoms with van der Waals surface area (Å²) in [6.07, 6.45) is 3.85. The molecule has 0 aromatic heterocycles. The first-order valence-corrected chi connectivity index (χ1v) is 6.98. The van der Waals surface area contributed by atoms with Gasteiger partial charge in [-0.25, -0.2) is 4.72 Å². The van der Waals surface area contributed by atoms with Crippen LogP contribution in [-0.2, 0) is 10.2 Å². The van der Waals surface area contributed by atoms with Crippen molar-refractivity contribution in [2.24, 2.45) is 0 Å². The second kappa shape index (κ2) is 5.79. The summed E-state index contributed by atoms with van der Waals surface area (Å²) in [4.78, 5) is 0. The van der Waals surface area contributed by atoms with Crippen molar-refractivity contribution in [2.75, 3.05) is 6.54 Å². The maximum atomic E-state index is 11.4. The molecule has 1 saturated carbocycles. The van der Waals surface area contributed by atoms with Gasteiger partial charge in [-0.1, -0.05) is 26.2 Å². The molecule has 0 bridgehead atoms. The predicted octanol–water partition coefficient (Wildman–Crippen LogP) is 0.124. The highest BCUT2D eigenvalue weighted by atomic mass is 32.2. The smallest absolute Gasteiger partial charge is 0.277 e. The molecule has 1 fully saturated rings. The minimum atomic E-state index is -3.44. The van der Waals surface area contributed by atoms with E-state index in [4.69, 9.17) is 0 Å². The SMILES string of the molecule is CCNS(=O)(=O)NC1CCCCCC1O. The summed E-state index contributed by atoms with van der Waals surface area (Å²) < 4.78 is 27.7. The molecule has 0 heterocycles.